The van der Waals surface area contributed by atoms with E-state index in [0.29, 0.717) is 18.8 Å². The number of piperidine rings is 1. The third-order valence-electron chi connectivity index (χ3n) is 4.55. The molecule has 1 fully saturated rings. The lowest BCUT2D eigenvalue weighted by atomic mass is 10.0. The van der Waals surface area contributed by atoms with Gasteiger partial charge in [0.15, 0.2) is 0 Å². The molecule has 1 atom stereocenters. The number of aromatic nitrogens is 2. The highest BCUT2D eigenvalue weighted by Crippen LogP contribution is 2.24. The molecule has 0 aliphatic carbocycles. The van der Waals surface area contributed by atoms with Gasteiger partial charge < -0.3 is 9.47 Å². The maximum Gasteiger partial charge on any atom is 0.406 e. The average molecular weight is 366 g/mol. The van der Waals surface area contributed by atoms with Crippen molar-refractivity contribution in [2.45, 2.75) is 38.1 Å². The first-order valence-electron chi connectivity index (χ1n) is 8.48. The minimum atomic E-state index is -4.31. The van der Waals surface area contributed by atoms with Crippen LogP contribution in [0, 0.1) is 0 Å². The number of likely N-dealkylation sites (N-methyl/N-ethyl adjacent to an activating group) is 1. The van der Waals surface area contributed by atoms with E-state index in [0.717, 1.165) is 16.7 Å². The van der Waals surface area contributed by atoms with Gasteiger partial charge in [0, 0.05) is 24.6 Å². The Kier molecular flexibility index (Phi) is 5.31. The molecule has 1 aliphatic heterocycles. The zero-order chi connectivity index (χ0) is 18.7. The Bertz CT molecular complexity index is 744. The van der Waals surface area contributed by atoms with Crippen molar-refractivity contribution in [1.29, 1.82) is 0 Å². The molecule has 0 N–H and O–H groups in total. The van der Waals surface area contributed by atoms with E-state index in [4.69, 9.17) is 0 Å². The molecule has 8 heteroatoms. The van der Waals surface area contributed by atoms with Gasteiger partial charge in [0.2, 0.25) is 5.91 Å². The maximum atomic E-state index is 12.9. The van der Waals surface area contributed by atoms with E-state index < -0.39 is 12.7 Å². The van der Waals surface area contributed by atoms with Crippen LogP contribution in [0.2, 0.25) is 0 Å². The summed E-state index contributed by atoms with van der Waals surface area (Å²) in [6.07, 6.45) is -0.117. The topological polar surface area (TPSA) is 41.4 Å². The molecule has 1 aromatic carbocycles. The lowest BCUT2D eigenvalue weighted by Crippen LogP contribution is -2.51. The predicted molar refractivity (Wildman–Crippen MR) is 91.6 cm³/mol. The molecule has 0 bridgehead atoms. The number of benzene rings is 1. The van der Waals surface area contributed by atoms with E-state index >= 15 is 0 Å². The van der Waals surface area contributed by atoms with E-state index in [9.17, 15) is 18.0 Å². The third kappa shape index (κ3) is 4.24. The van der Waals surface area contributed by atoms with Crippen LogP contribution in [0.15, 0.2) is 42.7 Å². The van der Waals surface area contributed by atoms with Gasteiger partial charge in [-0.15, -0.1) is 0 Å². The number of nitrogens with zero attached hydrogens (tertiary/aromatic N) is 4. The summed E-state index contributed by atoms with van der Waals surface area (Å²) in [6, 6.07) is 9.04. The average Bonchev–Trinajstić information content (AvgIpc) is 3.00. The number of alkyl halides is 3. The summed E-state index contributed by atoms with van der Waals surface area (Å²) in [5.41, 5.74) is 0.842. The Labute approximate surface area is 150 Å². The molecule has 140 valence electrons. The summed E-state index contributed by atoms with van der Waals surface area (Å²) >= 11 is 0. The molecular weight excluding hydrogens is 345 g/mol. The molecule has 5 nitrogen and oxygen atoms in total. The highest BCUT2D eigenvalue weighted by Gasteiger charge is 2.33. The fraction of sp³-hybridized carbons (Fsp3) is 0.444. The van der Waals surface area contributed by atoms with Gasteiger partial charge in [0.25, 0.3) is 0 Å². The third-order valence-corrected chi connectivity index (χ3v) is 4.55. The number of imidazole rings is 1. The minimum absolute atomic E-state index is 0.0288. The van der Waals surface area contributed by atoms with Crippen molar-refractivity contribution in [3.8, 4) is 0 Å². The van der Waals surface area contributed by atoms with E-state index in [1.807, 2.05) is 30.3 Å². The molecule has 1 saturated heterocycles. The second-order valence-corrected chi connectivity index (χ2v) is 6.49. The Balaban J connectivity index is 1.71. The molecule has 2 heterocycles. The molecule has 1 aromatic heterocycles. The summed E-state index contributed by atoms with van der Waals surface area (Å²) in [4.78, 5) is 20.4. The predicted octanol–water partition coefficient (Wildman–Crippen LogP) is 3.07. The van der Waals surface area contributed by atoms with Gasteiger partial charge in [-0.3, -0.25) is 9.69 Å². The number of carbonyl (C=O) groups is 1. The van der Waals surface area contributed by atoms with Gasteiger partial charge >= 0.3 is 6.18 Å². The monoisotopic (exact) mass is 366 g/mol. The molecule has 0 radical (unpaired) electrons. The Morgan fingerprint density at radius 3 is 2.69 bits per heavy atom. The molecule has 0 saturated carbocycles. The van der Waals surface area contributed by atoms with Crippen molar-refractivity contribution < 1.29 is 18.0 Å². The molecule has 1 amide bonds. The maximum absolute atomic E-state index is 12.9. The molecule has 3 rings (SSSR count). The number of amides is 1. The van der Waals surface area contributed by atoms with Crippen molar-refractivity contribution in [2.75, 3.05) is 18.5 Å². The second-order valence-electron chi connectivity index (χ2n) is 6.49. The van der Waals surface area contributed by atoms with Crippen molar-refractivity contribution in [1.82, 2.24) is 14.5 Å². The van der Waals surface area contributed by atoms with Gasteiger partial charge in [0.05, 0.1) is 12.6 Å². The van der Waals surface area contributed by atoms with E-state index in [1.165, 1.54) is 12.4 Å². The number of para-hydroxylation sites is 1. The Morgan fingerprint density at radius 1 is 1.27 bits per heavy atom. The zero-order valence-corrected chi connectivity index (χ0v) is 14.5. The second kappa shape index (κ2) is 7.49. The summed E-state index contributed by atoms with van der Waals surface area (Å²) in [5.74, 6) is 0.272. The fourth-order valence-corrected chi connectivity index (χ4v) is 3.29. The molecule has 26 heavy (non-hydrogen) atoms. The summed E-state index contributed by atoms with van der Waals surface area (Å²) < 4.78 is 39.1. The largest absolute Gasteiger partial charge is 0.406 e. The van der Waals surface area contributed by atoms with Crippen LogP contribution in [-0.4, -0.2) is 46.2 Å². The van der Waals surface area contributed by atoms with E-state index in [-0.39, 0.29) is 18.5 Å². The molecule has 1 unspecified atom stereocenters. The molecule has 2 aromatic rings. The normalized spacial score (nSPS) is 18.6. The van der Waals surface area contributed by atoms with Crippen LogP contribution in [0.3, 0.4) is 0 Å². The van der Waals surface area contributed by atoms with Gasteiger partial charge in [-0.1, -0.05) is 18.2 Å². The number of hydrogen-bond donors (Lipinski definition) is 0. The highest BCUT2D eigenvalue weighted by molar-refractivity contribution is 5.97. The van der Waals surface area contributed by atoms with Crippen molar-refractivity contribution in [3.63, 3.8) is 0 Å². The zero-order valence-electron chi connectivity index (χ0n) is 14.5. The van der Waals surface area contributed by atoms with Crippen molar-refractivity contribution in [2.24, 2.45) is 0 Å². The van der Waals surface area contributed by atoms with Crippen LogP contribution in [0.1, 0.15) is 18.7 Å². The first-order chi connectivity index (χ1) is 12.3. The lowest BCUT2D eigenvalue weighted by molar-refractivity contribution is -0.141. The van der Waals surface area contributed by atoms with Crippen LogP contribution < -0.4 is 4.90 Å². The molecular formula is C18H21F3N4O. The van der Waals surface area contributed by atoms with Crippen molar-refractivity contribution in [3.05, 3.63) is 48.5 Å². The van der Waals surface area contributed by atoms with Crippen LogP contribution in [0.25, 0.3) is 0 Å². The molecule has 0 spiro atoms. The summed E-state index contributed by atoms with van der Waals surface area (Å²) in [7, 11) is 1.75. The van der Waals surface area contributed by atoms with E-state index in [2.05, 4.69) is 4.98 Å². The molecule has 1 aliphatic rings. The quantitative estimate of drug-likeness (QED) is 0.817. The number of hydrogen-bond acceptors (Lipinski definition) is 3. The van der Waals surface area contributed by atoms with Crippen LogP contribution in [0.4, 0.5) is 18.9 Å². The van der Waals surface area contributed by atoms with Gasteiger partial charge in [-0.2, -0.15) is 13.2 Å². The first kappa shape index (κ1) is 18.4. The summed E-state index contributed by atoms with van der Waals surface area (Å²) in [5, 5.41) is 0. The van der Waals surface area contributed by atoms with Crippen molar-refractivity contribution >= 4 is 11.6 Å². The smallest absolute Gasteiger partial charge is 0.325 e. The SMILES string of the molecule is CN(Cc1nccn1CC(F)(F)F)C1CCCN(c2ccccc2)C1=O. The summed E-state index contributed by atoms with van der Waals surface area (Å²) in [6.45, 7) is -0.247. The number of rotatable bonds is 5. The Hall–Kier alpha value is -2.35. The standard InChI is InChI=1S/C18H21F3N4O/c1-23(12-16-22-9-11-24(16)13-18(19,20)21)15-8-5-10-25(17(15)26)14-6-3-2-4-7-14/h2-4,6-7,9,11,15H,5,8,10,12-13H2,1H3. The fourth-order valence-electron chi connectivity index (χ4n) is 3.29. The number of carbonyl (C=O) groups excluding carboxylic acids is 1. The van der Waals surface area contributed by atoms with Gasteiger partial charge in [0.1, 0.15) is 12.4 Å². The number of anilines is 1. The van der Waals surface area contributed by atoms with Crippen LogP contribution in [-0.2, 0) is 17.9 Å². The van der Waals surface area contributed by atoms with Crippen LogP contribution >= 0.6 is 0 Å². The minimum Gasteiger partial charge on any atom is -0.325 e. The van der Waals surface area contributed by atoms with Gasteiger partial charge in [-0.25, -0.2) is 4.98 Å². The van der Waals surface area contributed by atoms with Gasteiger partial charge in [-0.05, 0) is 32.0 Å². The van der Waals surface area contributed by atoms with E-state index in [1.54, 1.807) is 16.8 Å². The Morgan fingerprint density at radius 2 is 2.00 bits per heavy atom. The first-order valence-corrected chi connectivity index (χ1v) is 8.48. The van der Waals surface area contributed by atoms with Crippen LogP contribution in [0.5, 0.6) is 0 Å². The lowest BCUT2D eigenvalue weighted by Gasteiger charge is -2.36. The number of halogens is 3. The highest BCUT2D eigenvalue weighted by atomic mass is 19.4.